The number of benzene rings is 1. The number of aliphatic hydroxyl groups is 1. The molecule has 5 heteroatoms. The Morgan fingerprint density at radius 2 is 2.00 bits per heavy atom. The van der Waals surface area contributed by atoms with Crippen LogP contribution in [0, 0.1) is 6.92 Å². The van der Waals surface area contributed by atoms with E-state index in [0.717, 1.165) is 10.2 Å². The van der Waals surface area contributed by atoms with Crippen LogP contribution >= 0.6 is 15.9 Å². The molecule has 0 bridgehead atoms. The molecule has 0 spiro atoms. The van der Waals surface area contributed by atoms with Crippen LogP contribution in [0.25, 0.3) is 0 Å². The van der Waals surface area contributed by atoms with Crippen molar-refractivity contribution in [3.05, 3.63) is 28.2 Å². The lowest BCUT2D eigenvalue weighted by molar-refractivity contribution is 0.0103. The lowest BCUT2D eigenvalue weighted by Crippen LogP contribution is -2.25. The first-order chi connectivity index (χ1) is 9.11. The molecule has 19 heavy (non-hydrogen) atoms. The van der Waals surface area contributed by atoms with Crippen molar-refractivity contribution in [1.29, 1.82) is 0 Å². The zero-order chi connectivity index (χ0) is 14.1. The second-order valence-electron chi connectivity index (χ2n) is 4.32. The number of rotatable bonds is 9. The summed E-state index contributed by atoms with van der Waals surface area (Å²) in [6.45, 7) is 6.53. The van der Waals surface area contributed by atoms with E-state index in [-0.39, 0.29) is 0 Å². The molecule has 1 atom stereocenters. The maximum atomic E-state index is 9.77. The molecule has 2 N–H and O–H groups in total. The van der Waals surface area contributed by atoms with E-state index < -0.39 is 6.10 Å². The fourth-order valence-electron chi connectivity index (χ4n) is 1.61. The fourth-order valence-corrected chi connectivity index (χ4v) is 2.22. The topological polar surface area (TPSA) is 50.7 Å². The summed E-state index contributed by atoms with van der Waals surface area (Å²) in [5.41, 5.74) is 2.15. The van der Waals surface area contributed by atoms with Crippen molar-refractivity contribution in [2.45, 2.75) is 20.0 Å². The van der Waals surface area contributed by atoms with Crippen LogP contribution in [0.2, 0.25) is 0 Å². The smallest absolute Gasteiger partial charge is 0.0945 e. The molecule has 108 valence electrons. The summed E-state index contributed by atoms with van der Waals surface area (Å²) in [6.07, 6.45) is -0.527. The molecule has 0 aromatic heterocycles. The van der Waals surface area contributed by atoms with Crippen molar-refractivity contribution in [2.75, 3.05) is 38.3 Å². The van der Waals surface area contributed by atoms with Gasteiger partial charge in [-0.25, -0.2) is 0 Å². The van der Waals surface area contributed by atoms with E-state index in [1.54, 1.807) is 0 Å². The molecule has 0 heterocycles. The van der Waals surface area contributed by atoms with E-state index in [4.69, 9.17) is 9.47 Å². The molecule has 4 nitrogen and oxygen atoms in total. The van der Waals surface area contributed by atoms with Crippen LogP contribution in [0.4, 0.5) is 5.69 Å². The summed E-state index contributed by atoms with van der Waals surface area (Å²) in [7, 11) is 0. The Balaban J connectivity index is 2.20. The molecule has 1 rings (SSSR count). The maximum absolute atomic E-state index is 9.77. The van der Waals surface area contributed by atoms with Crippen LogP contribution in [-0.4, -0.2) is 44.2 Å². The Hall–Kier alpha value is -0.620. The van der Waals surface area contributed by atoms with Gasteiger partial charge in [0.15, 0.2) is 0 Å². The van der Waals surface area contributed by atoms with E-state index in [1.807, 2.05) is 32.0 Å². The van der Waals surface area contributed by atoms with Gasteiger partial charge in [0.1, 0.15) is 0 Å². The number of aryl methyl sites for hydroxylation is 1. The van der Waals surface area contributed by atoms with Crippen molar-refractivity contribution >= 4 is 21.6 Å². The van der Waals surface area contributed by atoms with Gasteiger partial charge in [-0.3, -0.25) is 0 Å². The van der Waals surface area contributed by atoms with E-state index in [9.17, 15) is 5.11 Å². The lowest BCUT2D eigenvalue weighted by Gasteiger charge is -2.14. The van der Waals surface area contributed by atoms with E-state index >= 15 is 0 Å². The predicted molar refractivity (Wildman–Crippen MR) is 80.7 cm³/mol. The van der Waals surface area contributed by atoms with Crippen molar-refractivity contribution in [3.63, 3.8) is 0 Å². The molecule has 0 amide bonds. The van der Waals surface area contributed by atoms with Crippen LogP contribution in [0.3, 0.4) is 0 Å². The average Bonchev–Trinajstić information content (AvgIpc) is 2.35. The molecular weight excluding hydrogens is 310 g/mol. The Bertz CT molecular complexity index is 353. The molecule has 0 aliphatic rings. The van der Waals surface area contributed by atoms with Gasteiger partial charge in [-0.1, -0.05) is 15.9 Å². The van der Waals surface area contributed by atoms with Crippen LogP contribution in [0.15, 0.2) is 22.7 Å². The summed E-state index contributed by atoms with van der Waals surface area (Å²) in [6, 6.07) is 6.06. The molecule has 0 aliphatic carbocycles. The summed E-state index contributed by atoms with van der Waals surface area (Å²) < 4.78 is 11.5. The van der Waals surface area contributed by atoms with Crippen LogP contribution in [0.5, 0.6) is 0 Å². The van der Waals surface area contributed by atoms with Crippen LogP contribution in [-0.2, 0) is 9.47 Å². The molecule has 0 saturated heterocycles. The lowest BCUT2D eigenvalue weighted by atomic mass is 10.2. The number of hydrogen-bond acceptors (Lipinski definition) is 4. The minimum atomic E-state index is -0.527. The second-order valence-corrected chi connectivity index (χ2v) is 5.24. The molecule has 1 aromatic carbocycles. The molecule has 0 radical (unpaired) electrons. The average molecular weight is 332 g/mol. The number of halogens is 1. The molecule has 0 fully saturated rings. The normalized spacial score (nSPS) is 12.4. The van der Waals surface area contributed by atoms with E-state index in [1.165, 1.54) is 5.56 Å². The van der Waals surface area contributed by atoms with Gasteiger partial charge in [0, 0.05) is 23.3 Å². The molecule has 0 aliphatic heterocycles. The first kappa shape index (κ1) is 16.4. The Labute approximate surface area is 123 Å². The highest BCUT2D eigenvalue weighted by atomic mass is 79.9. The molecule has 0 saturated carbocycles. The van der Waals surface area contributed by atoms with Gasteiger partial charge in [0.25, 0.3) is 0 Å². The maximum Gasteiger partial charge on any atom is 0.0945 e. The van der Waals surface area contributed by atoms with Gasteiger partial charge in [0.05, 0.1) is 25.9 Å². The van der Waals surface area contributed by atoms with Crippen molar-refractivity contribution in [2.24, 2.45) is 0 Å². The SMILES string of the molecule is CCOCCOCC(O)CNc1cc(C)cc(Br)c1. The summed E-state index contributed by atoms with van der Waals surface area (Å²) in [5.74, 6) is 0. The van der Waals surface area contributed by atoms with Gasteiger partial charge < -0.3 is 19.9 Å². The number of anilines is 1. The third kappa shape index (κ3) is 7.52. The van der Waals surface area contributed by atoms with E-state index in [2.05, 4.69) is 21.2 Å². The number of nitrogens with one attached hydrogen (secondary N) is 1. The standard InChI is InChI=1S/C14H22BrNO3/c1-3-18-4-5-19-10-14(17)9-16-13-7-11(2)6-12(15)8-13/h6-8,14,16-17H,3-5,9-10H2,1-2H3. The first-order valence-corrected chi connectivity index (χ1v) is 7.25. The van der Waals surface area contributed by atoms with Gasteiger partial charge in [-0.15, -0.1) is 0 Å². The highest BCUT2D eigenvalue weighted by Gasteiger charge is 2.04. The Morgan fingerprint density at radius 3 is 2.68 bits per heavy atom. The van der Waals surface area contributed by atoms with Gasteiger partial charge >= 0.3 is 0 Å². The third-order valence-corrected chi connectivity index (χ3v) is 2.93. The summed E-state index contributed by atoms with van der Waals surface area (Å²) >= 11 is 3.44. The van der Waals surface area contributed by atoms with Gasteiger partial charge in [-0.05, 0) is 37.6 Å². The number of hydrogen-bond donors (Lipinski definition) is 2. The number of aliphatic hydroxyl groups excluding tert-OH is 1. The Morgan fingerprint density at radius 1 is 1.26 bits per heavy atom. The molecule has 1 aromatic rings. The highest BCUT2D eigenvalue weighted by Crippen LogP contribution is 2.18. The minimum absolute atomic E-state index is 0.313. The van der Waals surface area contributed by atoms with Crippen LogP contribution in [0.1, 0.15) is 12.5 Å². The zero-order valence-corrected chi connectivity index (χ0v) is 13.1. The van der Waals surface area contributed by atoms with Crippen LogP contribution < -0.4 is 5.32 Å². The first-order valence-electron chi connectivity index (χ1n) is 6.46. The number of ether oxygens (including phenoxy) is 2. The zero-order valence-electron chi connectivity index (χ0n) is 11.5. The predicted octanol–water partition coefficient (Wildman–Crippen LogP) is 2.58. The van der Waals surface area contributed by atoms with Crippen molar-refractivity contribution < 1.29 is 14.6 Å². The molecular formula is C14H22BrNO3. The van der Waals surface area contributed by atoms with E-state index in [0.29, 0.717) is 33.0 Å². The monoisotopic (exact) mass is 331 g/mol. The largest absolute Gasteiger partial charge is 0.389 e. The highest BCUT2D eigenvalue weighted by molar-refractivity contribution is 9.10. The second kappa shape index (κ2) is 9.31. The van der Waals surface area contributed by atoms with Gasteiger partial charge in [0.2, 0.25) is 0 Å². The van der Waals surface area contributed by atoms with Gasteiger partial charge in [-0.2, -0.15) is 0 Å². The summed E-state index contributed by atoms with van der Waals surface area (Å²) in [4.78, 5) is 0. The Kier molecular flexibility index (Phi) is 8.05. The third-order valence-electron chi connectivity index (χ3n) is 2.47. The van der Waals surface area contributed by atoms with Crippen molar-refractivity contribution in [1.82, 2.24) is 0 Å². The minimum Gasteiger partial charge on any atom is -0.389 e. The summed E-state index contributed by atoms with van der Waals surface area (Å²) in [5, 5.41) is 13.0. The molecule has 1 unspecified atom stereocenters. The van der Waals surface area contributed by atoms with Crippen molar-refractivity contribution in [3.8, 4) is 0 Å². The fraction of sp³-hybridized carbons (Fsp3) is 0.571. The quantitative estimate of drug-likeness (QED) is 0.683.